The fourth-order valence-electron chi connectivity index (χ4n) is 3.96. The minimum atomic E-state index is -4.14. The van der Waals surface area contributed by atoms with Gasteiger partial charge in [-0.3, -0.25) is 13.9 Å². The number of amides is 2. The van der Waals surface area contributed by atoms with E-state index in [2.05, 4.69) is 21.2 Å². The van der Waals surface area contributed by atoms with Gasteiger partial charge in [0.05, 0.1) is 17.2 Å². The van der Waals surface area contributed by atoms with Crippen LogP contribution in [0.25, 0.3) is 0 Å². The van der Waals surface area contributed by atoms with Crippen LogP contribution in [0.4, 0.5) is 5.69 Å². The number of benzene rings is 3. The van der Waals surface area contributed by atoms with Gasteiger partial charge in [-0.1, -0.05) is 53.2 Å². The summed E-state index contributed by atoms with van der Waals surface area (Å²) in [5.74, 6) is -0.265. The van der Waals surface area contributed by atoms with Crippen molar-refractivity contribution in [2.75, 3.05) is 17.5 Å². The molecule has 0 aliphatic heterocycles. The van der Waals surface area contributed by atoms with Crippen LogP contribution < -0.4 is 14.4 Å². The Morgan fingerprint density at radius 2 is 1.55 bits per heavy atom. The Kier molecular flexibility index (Phi) is 11.2. The van der Waals surface area contributed by atoms with Crippen LogP contribution in [-0.2, 0) is 26.2 Å². The number of halogens is 1. The van der Waals surface area contributed by atoms with Crippen LogP contribution in [0, 0.1) is 0 Å². The molecule has 0 unspecified atom stereocenters. The lowest BCUT2D eigenvalue weighted by Gasteiger charge is -2.32. The highest BCUT2D eigenvalue weighted by Crippen LogP contribution is 2.26. The molecule has 1 N–H and O–H groups in total. The smallest absolute Gasteiger partial charge is 0.264 e. The number of ether oxygens (including phenoxy) is 1. The second-order valence-corrected chi connectivity index (χ2v) is 12.2. The first-order chi connectivity index (χ1) is 19.1. The van der Waals surface area contributed by atoms with Crippen molar-refractivity contribution in [1.82, 2.24) is 10.2 Å². The molecular weight excluding hydrogens is 594 g/mol. The van der Waals surface area contributed by atoms with Crippen molar-refractivity contribution in [2.45, 2.75) is 57.6 Å². The van der Waals surface area contributed by atoms with Crippen LogP contribution in [0.1, 0.15) is 39.7 Å². The molecule has 3 aromatic carbocycles. The van der Waals surface area contributed by atoms with Crippen LogP contribution >= 0.6 is 15.9 Å². The Labute approximate surface area is 245 Å². The van der Waals surface area contributed by atoms with Gasteiger partial charge in [0.2, 0.25) is 11.8 Å². The number of nitrogens with one attached hydrogen (secondary N) is 1. The van der Waals surface area contributed by atoms with Crippen LogP contribution in [-0.4, -0.2) is 50.4 Å². The maximum absolute atomic E-state index is 13.9. The highest BCUT2D eigenvalue weighted by atomic mass is 79.9. The molecule has 0 aromatic heterocycles. The Bertz CT molecular complexity index is 1370. The van der Waals surface area contributed by atoms with E-state index < -0.39 is 28.5 Å². The summed E-state index contributed by atoms with van der Waals surface area (Å²) in [6, 6.07) is 21.1. The number of hydrogen-bond donors (Lipinski definition) is 1. The molecule has 0 fully saturated rings. The molecule has 0 saturated carbocycles. The largest absolute Gasteiger partial charge is 0.494 e. The van der Waals surface area contributed by atoms with Gasteiger partial charge < -0.3 is 15.0 Å². The molecule has 2 amide bonds. The molecule has 40 heavy (non-hydrogen) atoms. The lowest BCUT2D eigenvalue weighted by molar-refractivity contribution is -0.139. The predicted molar refractivity (Wildman–Crippen MR) is 161 cm³/mol. The van der Waals surface area contributed by atoms with E-state index >= 15 is 0 Å². The number of carbonyl (C=O) groups is 2. The van der Waals surface area contributed by atoms with E-state index in [0.717, 1.165) is 20.8 Å². The average molecular weight is 631 g/mol. The van der Waals surface area contributed by atoms with E-state index in [9.17, 15) is 18.0 Å². The fraction of sp³-hybridized carbons (Fsp3) is 0.333. The Morgan fingerprint density at radius 1 is 0.925 bits per heavy atom. The van der Waals surface area contributed by atoms with Crippen molar-refractivity contribution in [1.29, 1.82) is 0 Å². The Morgan fingerprint density at radius 3 is 2.12 bits per heavy atom. The number of nitrogens with zero attached hydrogens (tertiary/aromatic N) is 2. The average Bonchev–Trinajstić information content (AvgIpc) is 2.95. The highest BCUT2D eigenvalue weighted by molar-refractivity contribution is 9.10. The van der Waals surface area contributed by atoms with Gasteiger partial charge in [0, 0.05) is 17.1 Å². The van der Waals surface area contributed by atoms with Gasteiger partial charge in [0.25, 0.3) is 10.0 Å². The first-order valence-corrected chi connectivity index (χ1v) is 15.4. The quantitative estimate of drug-likeness (QED) is 0.274. The summed E-state index contributed by atoms with van der Waals surface area (Å²) >= 11 is 3.42. The number of para-hydroxylation sites is 1. The molecule has 10 heteroatoms. The normalized spacial score (nSPS) is 12.7. The van der Waals surface area contributed by atoms with Gasteiger partial charge in [0.1, 0.15) is 18.3 Å². The highest BCUT2D eigenvalue weighted by Gasteiger charge is 2.32. The predicted octanol–water partition coefficient (Wildman–Crippen LogP) is 5.38. The monoisotopic (exact) mass is 629 g/mol. The molecule has 8 nitrogen and oxygen atoms in total. The molecule has 0 spiro atoms. The molecule has 0 aliphatic carbocycles. The lowest BCUT2D eigenvalue weighted by Crippen LogP contribution is -2.52. The third-order valence-corrected chi connectivity index (χ3v) is 8.80. The number of hydrogen-bond acceptors (Lipinski definition) is 5. The first-order valence-electron chi connectivity index (χ1n) is 13.2. The minimum absolute atomic E-state index is 0.0228. The standard InChI is InChI=1S/C30H36BrN3O5S/c1-5-22(3)32-30(36)23(4)33(20-24-12-14-25(31)15-13-24)29(35)21-34(26-10-8-7-9-11-26)40(37,38)28-18-16-27(17-19-28)39-6-2/h7-19,22-23H,5-6,20-21H2,1-4H3,(H,32,36)/t22-,23+/m1/s1. The van der Waals surface area contributed by atoms with Gasteiger partial charge in [-0.25, -0.2) is 8.42 Å². The van der Waals surface area contributed by atoms with Crippen molar-refractivity contribution in [3.05, 3.63) is 88.9 Å². The van der Waals surface area contributed by atoms with Gasteiger partial charge in [-0.15, -0.1) is 0 Å². The summed E-state index contributed by atoms with van der Waals surface area (Å²) in [5.41, 5.74) is 1.14. The summed E-state index contributed by atoms with van der Waals surface area (Å²) in [4.78, 5) is 28.5. The topological polar surface area (TPSA) is 96.0 Å². The minimum Gasteiger partial charge on any atom is -0.494 e. The van der Waals surface area contributed by atoms with Crippen LogP contribution in [0.5, 0.6) is 5.75 Å². The van der Waals surface area contributed by atoms with E-state index in [-0.39, 0.29) is 23.4 Å². The zero-order chi connectivity index (χ0) is 29.3. The van der Waals surface area contributed by atoms with E-state index in [1.54, 1.807) is 49.4 Å². The van der Waals surface area contributed by atoms with E-state index in [4.69, 9.17) is 4.74 Å². The van der Waals surface area contributed by atoms with E-state index in [1.165, 1.54) is 17.0 Å². The SMILES string of the molecule is CCOc1ccc(S(=O)(=O)N(CC(=O)N(Cc2ccc(Br)cc2)[C@@H](C)C(=O)N[C@H](C)CC)c2ccccc2)cc1. The van der Waals surface area contributed by atoms with Gasteiger partial charge in [0.15, 0.2) is 0 Å². The lowest BCUT2D eigenvalue weighted by atomic mass is 10.1. The third kappa shape index (κ3) is 8.08. The Balaban J connectivity index is 1.98. The molecule has 2 atom stereocenters. The summed E-state index contributed by atoms with van der Waals surface area (Å²) in [5, 5.41) is 2.93. The second-order valence-electron chi connectivity index (χ2n) is 9.39. The van der Waals surface area contributed by atoms with E-state index in [1.807, 2.05) is 45.0 Å². The Hall–Kier alpha value is -3.37. The molecular formula is C30H36BrN3O5S. The summed E-state index contributed by atoms with van der Waals surface area (Å²) in [6.07, 6.45) is 0.737. The summed E-state index contributed by atoms with van der Waals surface area (Å²) < 4.78 is 35.2. The van der Waals surface area contributed by atoms with Crippen molar-refractivity contribution >= 4 is 43.5 Å². The van der Waals surface area contributed by atoms with Crippen LogP contribution in [0.15, 0.2) is 88.2 Å². The molecule has 0 radical (unpaired) electrons. The zero-order valence-electron chi connectivity index (χ0n) is 23.2. The molecule has 3 aromatic rings. The van der Waals surface area contributed by atoms with Crippen molar-refractivity contribution < 1.29 is 22.7 Å². The van der Waals surface area contributed by atoms with Crippen molar-refractivity contribution in [3.8, 4) is 5.75 Å². The number of anilines is 1. The number of sulfonamides is 1. The summed E-state index contributed by atoms with van der Waals surface area (Å²) in [7, 11) is -4.14. The molecule has 3 rings (SSSR count). The second kappa shape index (κ2) is 14.3. The molecule has 0 heterocycles. The first kappa shape index (κ1) is 31.2. The van der Waals surface area contributed by atoms with Gasteiger partial charge in [-0.05, 0) is 81.3 Å². The maximum Gasteiger partial charge on any atom is 0.264 e. The molecule has 0 saturated heterocycles. The molecule has 0 aliphatic rings. The van der Waals surface area contributed by atoms with Crippen molar-refractivity contribution in [2.24, 2.45) is 0 Å². The fourth-order valence-corrected chi connectivity index (χ4v) is 5.64. The molecule has 0 bridgehead atoms. The number of rotatable bonds is 13. The molecule has 214 valence electrons. The van der Waals surface area contributed by atoms with Gasteiger partial charge in [-0.2, -0.15) is 0 Å². The third-order valence-electron chi connectivity index (χ3n) is 6.48. The van der Waals surface area contributed by atoms with Crippen LogP contribution in [0.3, 0.4) is 0 Å². The number of carbonyl (C=O) groups excluding carboxylic acids is 2. The maximum atomic E-state index is 13.9. The van der Waals surface area contributed by atoms with E-state index in [0.29, 0.717) is 18.0 Å². The zero-order valence-corrected chi connectivity index (χ0v) is 25.6. The van der Waals surface area contributed by atoms with Gasteiger partial charge >= 0.3 is 0 Å². The van der Waals surface area contributed by atoms with Crippen LogP contribution in [0.2, 0.25) is 0 Å². The van der Waals surface area contributed by atoms with Crippen molar-refractivity contribution in [3.63, 3.8) is 0 Å². The summed E-state index contributed by atoms with van der Waals surface area (Å²) in [6.45, 7) is 7.45.